The Balaban J connectivity index is 2.62. The summed E-state index contributed by atoms with van der Waals surface area (Å²) in [5.74, 6) is 0.441. The fourth-order valence-electron chi connectivity index (χ4n) is 2.00. The van der Waals surface area contributed by atoms with Crippen LogP contribution in [0, 0.1) is 0 Å². The summed E-state index contributed by atoms with van der Waals surface area (Å²) in [7, 11) is 0. The molecule has 23 heavy (non-hydrogen) atoms. The summed E-state index contributed by atoms with van der Waals surface area (Å²) in [5, 5.41) is 0. The van der Waals surface area contributed by atoms with Gasteiger partial charge in [0.25, 0.3) is 0 Å². The van der Waals surface area contributed by atoms with Gasteiger partial charge >= 0.3 is 5.97 Å². The van der Waals surface area contributed by atoms with Crippen LogP contribution in [-0.4, -0.2) is 23.0 Å². The van der Waals surface area contributed by atoms with E-state index in [9.17, 15) is 9.59 Å². The first-order valence-corrected chi connectivity index (χ1v) is 8.00. The van der Waals surface area contributed by atoms with Crippen molar-refractivity contribution in [1.82, 2.24) is 0 Å². The Labute approximate surface area is 139 Å². The Kier molecular flexibility index (Phi) is 6.37. The maximum absolute atomic E-state index is 12.2. The van der Waals surface area contributed by atoms with Gasteiger partial charge in [-0.15, -0.1) is 0 Å². The normalized spacial score (nSPS) is 11.9. The molecule has 0 saturated carbocycles. The van der Waals surface area contributed by atoms with Gasteiger partial charge in [0.05, 0.1) is 0 Å². The van der Waals surface area contributed by atoms with E-state index in [1.807, 2.05) is 45.0 Å². The van der Waals surface area contributed by atoms with Crippen molar-refractivity contribution in [2.45, 2.75) is 72.0 Å². The van der Waals surface area contributed by atoms with E-state index in [1.165, 1.54) is 0 Å². The van der Waals surface area contributed by atoms with Gasteiger partial charge in [-0.05, 0) is 72.1 Å². The lowest BCUT2D eigenvalue weighted by Gasteiger charge is -2.29. The lowest BCUT2D eigenvalue weighted by Crippen LogP contribution is -2.43. The van der Waals surface area contributed by atoms with E-state index in [0.717, 1.165) is 18.4 Å². The molecule has 4 nitrogen and oxygen atoms in total. The lowest BCUT2D eigenvalue weighted by molar-refractivity contribution is -0.170. The van der Waals surface area contributed by atoms with Crippen LogP contribution in [0.4, 0.5) is 0 Å². The van der Waals surface area contributed by atoms with Gasteiger partial charge in [-0.25, -0.2) is 4.79 Å². The van der Waals surface area contributed by atoms with Crippen LogP contribution in [0.1, 0.15) is 59.9 Å². The second-order valence-electron chi connectivity index (χ2n) is 7.31. The fourth-order valence-corrected chi connectivity index (χ4v) is 2.00. The highest BCUT2D eigenvalue weighted by Gasteiger charge is 2.34. The molecule has 0 radical (unpaired) electrons. The SMILES string of the molecule is CC(=O)CCCc1ccc(OC(C)(C)C(=O)OC(C)(C)C)cc1. The quantitative estimate of drug-likeness (QED) is 0.710. The van der Waals surface area contributed by atoms with Crippen LogP contribution in [-0.2, 0) is 20.7 Å². The van der Waals surface area contributed by atoms with Gasteiger partial charge in [-0.2, -0.15) is 0 Å². The van der Waals surface area contributed by atoms with Crippen molar-refractivity contribution >= 4 is 11.8 Å². The Bertz CT molecular complexity index is 535. The number of ketones is 1. The minimum atomic E-state index is -1.05. The van der Waals surface area contributed by atoms with Crippen molar-refractivity contribution in [1.29, 1.82) is 0 Å². The fraction of sp³-hybridized carbons (Fsp3) is 0.579. The molecule has 0 heterocycles. The highest BCUT2D eigenvalue weighted by molar-refractivity contribution is 5.79. The number of carbonyl (C=O) groups excluding carboxylic acids is 2. The highest BCUT2D eigenvalue weighted by atomic mass is 16.6. The van der Waals surface area contributed by atoms with Crippen molar-refractivity contribution in [3.63, 3.8) is 0 Å². The number of carbonyl (C=O) groups is 2. The third-order valence-electron chi connectivity index (χ3n) is 3.18. The predicted molar refractivity (Wildman–Crippen MR) is 90.6 cm³/mol. The summed E-state index contributed by atoms with van der Waals surface area (Å²) in [5.41, 5.74) is -0.449. The zero-order valence-corrected chi connectivity index (χ0v) is 15.1. The average molecular weight is 320 g/mol. The summed E-state index contributed by atoms with van der Waals surface area (Å²) in [6.07, 6.45) is 2.30. The molecular weight excluding hydrogens is 292 g/mol. The zero-order chi connectivity index (χ0) is 17.7. The van der Waals surface area contributed by atoms with Crippen LogP contribution in [0.5, 0.6) is 5.75 Å². The minimum Gasteiger partial charge on any atom is -0.476 e. The molecule has 1 aromatic rings. The summed E-state index contributed by atoms with van der Waals surface area (Å²) in [6, 6.07) is 7.60. The monoisotopic (exact) mass is 320 g/mol. The first-order valence-electron chi connectivity index (χ1n) is 8.00. The lowest BCUT2D eigenvalue weighted by atomic mass is 10.1. The van der Waals surface area contributed by atoms with Crippen LogP contribution in [0.3, 0.4) is 0 Å². The number of hydrogen-bond acceptors (Lipinski definition) is 4. The van der Waals surface area contributed by atoms with Crippen molar-refractivity contribution in [3.05, 3.63) is 29.8 Å². The standard InChI is InChI=1S/C19H28O4/c1-14(20)8-7-9-15-10-12-16(13-11-15)22-19(5,6)17(21)23-18(2,3)4/h10-13H,7-9H2,1-6H3. The molecule has 0 aliphatic rings. The molecule has 0 saturated heterocycles. The Morgan fingerprint density at radius 1 is 1.00 bits per heavy atom. The second kappa shape index (κ2) is 7.62. The van der Waals surface area contributed by atoms with Crippen LogP contribution in [0.15, 0.2) is 24.3 Å². The summed E-state index contributed by atoms with van der Waals surface area (Å²) >= 11 is 0. The predicted octanol–water partition coefficient (Wildman–Crippen LogP) is 4.10. The molecule has 0 bridgehead atoms. The molecule has 128 valence electrons. The molecule has 0 N–H and O–H groups in total. The van der Waals surface area contributed by atoms with Gasteiger partial charge in [0.2, 0.25) is 0 Å². The Hall–Kier alpha value is -1.84. The molecule has 0 atom stereocenters. The van der Waals surface area contributed by atoms with E-state index in [2.05, 4.69) is 0 Å². The van der Waals surface area contributed by atoms with E-state index in [4.69, 9.17) is 9.47 Å². The maximum Gasteiger partial charge on any atom is 0.350 e. The third kappa shape index (κ3) is 7.31. The number of esters is 1. The smallest absolute Gasteiger partial charge is 0.350 e. The highest BCUT2D eigenvalue weighted by Crippen LogP contribution is 2.22. The van der Waals surface area contributed by atoms with E-state index in [1.54, 1.807) is 20.8 Å². The van der Waals surface area contributed by atoms with E-state index < -0.39 is 17.2 Å². The first-order chi connectivity index (χ1) is 10.5. The van der Waals surface area contributed by atoms with Crippen LogP contribution in [0.2, 0.25) is 0 Å². The van der Waals surface area contributed by atoms with Crippen molar-refractivity contribution < 1.29 is 19.1 Å². The van der Waals surface area contributed by atoms with Gasteiger partial charge in [0, 0.05) is 6.42 Å². The third-order valence-corrected chi connectivity index (χ3v) is 3.18. The molecule has 0 unspecified atom stereocenters. The zero-order valence-electron chi connectivity index (χ0n) is 15.1. The molecule has 0 aliphatic carbocycles. The topological polar surface area (TPSA) is 52.6 Å². The largest absolute Gasteiger partial charge is 0.476 e. The maximum atomic E-state index is 12.2. The van der Waals surface area contributed by atoms with Crippen molar-refractivity contribution in [3.8, 4) is 5.75 Å². The van der Waals surface area contributed by atoms with Crippen molar-refractivity contribution in [2.24, 2.45) is 0 Å². The number of ether oxygens (including phenoxy) is 2. The number of benzene rings is 1. The van der Waals surface area contributed by atoms with Crippen molar-refractivity contribution in [2.75, 3.05) is 0 Å². The van der Waals surface area contributed by atoms with Gasteiger partial charge in [-0.1, -0.05) is 12.1 Å². The molecule has 0 amide bonds. The molecule has 0 spiro atoms. The average Bonchev–Trinajstić information content (AvgIpc) is 2.38. The van der Waals surface area contributed by atoms with Gasteiger partial charge in [0.1, 0.15) is 17.1 Å². The molecule has 1 rings (SSSR count). The first kappa shape index (κ1) is 19.2. The van der Waals surface area contributed by atoms with Crippen LogP contribution < -0.4 is 4.74 Å². The molecule has 0 fully saturated rings. The Morgan fingerprint density at radius 3 is 2.04 bits per heavy atom. The molecule has 4 heteroatoms. The number of rotatable bonds is 7. The Morgan fingerprint density at radius 2 is 1.57 bits per heavy atom. The van der Waals surface area contributed by atoms with E-state index >= 15 is 0 Å². The number of hydrogen-bond donors (Lipinski definition) is 0. The second-order valence-corrected chi connectivity index (χ2v) is 7.31. The van der Waals surface area contributed by atoms with Crippen LogP contribution in [0.25, 0.3) is 0 Å². The summed E-state index contributed by atoms with van der Waals surface area (Å²) in [6.45, 7) is 10.5. The van der Waals surface area contributed by atoms with E-state index in [-0.39, 0.29) is 5.78 Å². The van der Waals surface area contributed by atoms with Gasteiger partial charge in [0.15, 0.2) is 5.60 Å². The molecule has 0 aliphatic heterocycles. The van der Waals surface area contributed by atoms with Crippen LogP contribution >= 0.6 is 0 Å². The minimum absolute atomic E-state index is 0.212. The van der Waals surface area contributed by atoms with Gasteiger partial charge in [-0.3, -0.25) is 0 Å². The molecule has 1 aromatic carbocycles. The van der Waals surface area contributed by atoms with Gasteiger partial charge < -0.3 is 14.3 Å². The molecular formula is C19H28O4. The molecule has 0 aromatic heterocycles. The summed E-state index contributed by atoms with van der Waals surface area (Å²) < 4.78 is 11.2. The summed E-state index contributed by atoms with van der Waals surface area (Å²) in [4.78, 5) is 23.1. The number of aryl methyl sites for hydroxylation is 1. The number of Topliss-reactive ketones (excluding diaryl/α,β-unsaturated/α-hetero) is 1. The van der Waals surface area contributed by atoms with E-state index in [0.29, 0.717) is 12.2 Å².